The monoisotopic (exact) mass is 389 g/mol. The summed E-state index contributed by atoms with van der Waals surface area (Å²) < 4.78 is 23.3. The Morgan fingerprint density at radius 3 is 2.63 bits per heavy atom. The summed E-state index contributed by atoms with van der Waals surface area (Å²) in [4.78, 5) is 15.8. The van der Waals surface area contributed by atoms with Crippen molar-refractivity contribution >= 4 is 17.6 Å². The van der Waals surface area contributed by atoms with Gasteiger partial charge in [0.15, 0.2) is 0 Å². The highest BCUT2D eigenvalue weighted by molar-refractivity contribution is 7.06. The first kappa shape index (κ1) is 18.4. The molecule has 0 saturated carbocycles. The molecule has 5 rings (SSSR count). The number of hydrogen-bond acceptors (Lipinski definition) is 5. The van der Waals surface area contributed by atoms with Gasteiger partial charge in [-0.15, -0.1) is 0 Å². The van der Waals surface area contributed by atoms with Crippen molar-refractivity contribution in [2.24, 2.45) is 5.92 Å². The van der Waals surface area contributed by atoms with Crippen molar-refractivity contribution in [2.45, 2.75) is 38.3 Å². The van der Waals surface area contributed by atoms with Crippen LogP contribution in [0.2, 0.25) is 0 Å². The summed E-state index contributed by atoms with van der Waals surface area (Å²) in [6.45, 7) is 6.95. The molecular formula is C20H24FN3O2S. The molecule has 7 heteroatoms. The lowest BCUT2D eigenvalue weighted by atomic mass is 9.86. The number of carbonyl (C=O) groups is 1. The number of piperidine rings is 3. The van der Waals surface area contributed by atoms with Gasteiger partial charge in [0, 0.05) is 12.1 Å². The molecule has 0 radical (unpaired) electrons. The largest absolute Gasteiger partial charge is 0.445 e. The molecule has 0 aliphatic carbocycles. The van der Waals surface area contributed by atoms with Crippen LogP contribution in [0, 0.1) is 11.7 Å². The van der Waals surface area contributed by atoms with Crippen LogP contribution in [-0.4, -0.2) is 41.1 Å². The Bertz CT molecular complexity index is 813. The number of amides is 1. The van der Waals surface area contributed by atoms with E-state index in [1.807, 2.05) is 19.9 Å². The first-order chi connectivity index (χ1) is 12.9. The Balaban J connectivity index is 1.41. The molecule has 144 valence electrons. The van der Waals surface area contributed by atoms with Crippen molar-refractivity contribution in [3.63, 3.8) is 0 Å². The summed E-state index contributed by atoms with van der Waals surface area (Å²) in [6.07, 6.45) is 1.82. The normalized spacial score (nSPS) is 24.6. The molecule has 3 fully saturated rings. The summed E-state index contributed by atoms with van der Waals surface area (Å²) in [7, 11) is 0. The zero-order valence-corrected chi connectivity index (χ0v) is 16.4. The van der Waals surface area contributed by atoms with E-state index in [0.29, 0.717) is 5.92 Å². The molecule has 3 saturated heterocycles. The molecule has 3 aliphatic rings. The zero-order valence-electron chi connectivity index (χ0n) is 15.6. The Kier molecular flexibility index (Phi) is 4.90. The average Bonchev–Trinajstić information content (AvgIpc) is 3.14. The van der Waals surface area contributed by atoms with Gasteiger partial charge < -0.3 is 10.1 Å². The van der Waals surface area contributed by atoms with Crippen LogP contribution in [-0.2, 0) is 10.3 Å². The molecule has 2 aromatic rings. The van der Waals surface area contributed by atoms with Crippen molar-refractivity contribution in [3.8, 4) is 11.3 Å². The molecule has 3 aliphatic heterocycles. The minimum Gasteiger partial charge on any atom is -0.445 e. The first-order valence-corrected chi connectivity index (χ1v) is 10.1. The van der Waals surface area contributed by atoms with Crippen molar-refractivity contribution in [3.05, 3.63) is 41.0 Å². The second-order valence-corrected chi connectivity index (χ2v) is 8.72. The van der Waals surface area contributed by atoms with Crippen LogP contribution in [0.3, 0.4) is 0 Å². The zero-order chi connectivity index (χ0) is 19.0. The maximum Gasteiger partial charge on any atom is 0.408 e. The van der Waals surface area contributed by atoms with E-state index in [4.69, 9.17) is 4.74 Å². The topological polar surface area (TPSA) is 54.5 Å². The number of hydrogen-bond donors (Lipinski definition) is 1. The van der Waals surface area contributed by atoms with E-state index < -0.39 is 5.54 Å². The van der Waals surface area contributed by atoms with Gasteiger partial charge in [0.05, 0.1) is 16.1 Å². The highest BCUT2D eigenvalue weighted by atomic mass is 32.1. The van der Waals surface area contributed by atoms with Gasteiger partial charge in [-0.05, 0) is 87.6 Å². The van der Waals surface area contributed by atoms with Gasteiger partial charge in [-0.25, -0.2) is 9.18 Å². The van der Waals surface area contributed by atoms with Crippen molar-refractivity contribution in [2.75, 3.05) is 19.6 Å². The van der Waals surface area contributed by atoms with Crippen LogP contribution in [0.15, 0.2) is 30.3 Å². The number of halogens is 1. The Morgan fingerprint density at radius 2 is 2.00 bits per heavy atom. The van der Waals surface area contributed by atoms with E-state index in [1.165, 1.54) is 23.7 Å². The number of carbonyl (C=O) groups excluding carboxylic acids is 1. The lowest BCUT2D eigenvalue weighted by Crippen LogP contribution is -2.53. The van der Waals surface area contributed by atoms with E-state index in [0.717, 1.165) is 48.6 Å². The molecule has 1 aromatic carbocycles. The second kappa shape index (κ2) is 7.20. The minimum atomic E-state index is -0.596. The third-order valence-corrected chi connectivity index (χ3v) is 6.65. The summed E-state index contributed by atoms with van der Waals surface area (Å²) in [5.74, 6) is 0.212. The third-order valence-electron chi connectivity index (χ3n) is 5.54. The molecule has 1 aromatic heterocycles. The maximum atomic E-state index is 13.1. The molecule has 1 atom stereocenters. The Hall–Kier alpha value is -1.99. The van der Waals surface area contributed by atoms with Gasteiger partial charge in [0.1, 0.15) is 11.9 Å². The van der Waals surface area contributed by atoms with Crippen LogP contribution >= 0.6 is 11.5 Å². The van der Waals surface area contributed by atoms with Crippen LogP contribution in [0.5, 0.6) is 0 Å². The van der Waals surface area contributed by atoms with Crippen molar-refractivity contribution in [1.29, 1.82) is 0 Å². The van der Waals surface area contributed by atoms with E-state index >= 15 is 0 Å². The van der Waals surface area contributed by atoms with Gasteiger partial charge in [0.25, 0.3) is 0 Å². The second-order valence-electron chi connectivity index (χ2n) is 7.92. The number of alkyl carbamates (subject to hydrolysis) is 1. The lowest BCUT2D eigenvalue weighted by Gasteiger charge is -2.44. The molecular weight excluding hydrogens is 365 g/mol. The van der Waals surface area contributed by atoms with Gasteiger partial charge in [-0.3, -0.25) is 4.90 Å². The molecule has 27 heavy (non-hydrogen) atoms. The number of nitrogens with one attached hydrogen (secondary N) is 1. The number of aromatic nitrogens is 1. The number of ether oxygens (including phenoxy) is 1. The fraction of sp³-hybridized carbons (Fsp3) is 0.500. The molecule has 1 amide bonds. The molecule has 5 nitrogen and oxygen atoms in total. The fourth-order valence-corrected chi connectivity index (χ4v) is 4.65. The summed E-state index contributed by atoms with van der Waals surface area (Å²) in [6, 6.07) is 8.19. The van der Waals surface area contributed by atoms with Gasteiger partial charge >= 0.3 is 6.09 Å². The van der Waals surface area contributed by atoms with Crippen LogP contribution in [0.4, 0.5) is 9.18 Å². The number of nitrogens with zero attached hydrogens (tertiary/aromatic N) is 2. The number of rotatable bonds is 4. The van der Waals surface area contributed by atoms with Gasteiger partial charge in [-0.1, -0.05) is 0 Å². The number of fused-ring (bicyclic) bond motifs is 3. The number of benzene rings is 1. The smallest absolute Gasteiger partial charge is 0.408 e. The lowest BCUT2D eigenvalue weighted by molar-refractivity contribution is -0.0349. The van der Waals surface area contributed by atoms with Crippen molar-refractivity contribution in [1.82, 2.24) is 14.6 Å². The SMILES string of the molecule is CC(C)(NC(=O)O[C@@H]1CN2CCC1CC2)c1cc(-c2ccc(F)cc2)ns1. The molecule has 4 heterocycles. The van der Waals surface area contributed by atoms with E-state index in [1.54, 1.807) is 12.1 Å². The maximum absolute atomic E-state index is 13.1. The van der Waals surface area contributed by atoms with E-state index in [9.17, 15) is 9.18 Å². The average molecular weight is 389 g/mol. The highest BCUT2D eigenvalue weighted by Gasteiger charge is 2.37. The van der Waals surface area contributed by atoms with Crippen molar-refractivity contribution < 1.29 is 13.9 Å². The standard InChI is InChI=1S/C20H24FN3O2S/c1-20(2,18-11-16(23-27-18)13-3-5-15(21)6-4-13)22-19(25)26-17-12-24-9-7-14(17)8-10-24/h3-6,11,14,17H,7-10,12H2,1-2H3,(H,22,25)/t17-/m1/s1. The van der Waals surface area contributed by atoms with Gasteiger partial charge in [-0.2, -0.15) is 4.37 Å². The summed E-state index contributed by atoms with van der Waals surface area (Å²) >= 11 is 1.33. The first-order valence-electron chi connectivity index (χ1n) is 9.35. The van der Waals surface area contributed by atoms with Gasteiger partial charge in [0.2, 0.25) is 0 Å². The molecule has 2 bridgehead atoms. The Morgan fingerprint density at radius 1 is 1.30 bits per heavy atom. The Labute approximate surface area is 162 Å². The van der Waals surface area contributed by atoms with Crippen LogP contribution in [0.25, 0.3) is 11.3 Å². The third kappa shape index (κ3) is 3.99. The molecule has 0 spiro atoms. The van der Waals surface area contributed by atoms with E-state index in [2.05, 4.69) is 14.6 Å². The quantitative estimate of drug-likeness (QED) is 0.859. The molecule has 1 N–H and O–H groups in total. The van der Waals surface area contributed by atoms with Crippen LogP contribution in [0.1, 0.15) is 31.6 Å². The van der Waals surface area contributed by atoms with E-state index in [-0.39, 0.29) is 18.0 Å². The predicted molar refractivity (Wildman–Crippen MR) is 103 cm³/mol. The highest BCUT2D eigenvalue weighted by Crippen LogP contribution is 2.32. The summed E-state index contributed by atoms with van der Waals surface area (Å²) in [5.41, 5.74) is 1.03. The predicted octanol–water partition coefficient (Wildman–Crippen LogP) is 4.00. The minimum absolute atomic E-state index is 0.0143. The summed E-state index contributed by atoms with van der Waals surface area (Å²) in [5, 5.41) is 2.98. The fourth-order valence-electron chi connectivity index (χ4n) is 3.85. The molecule has 0 unspecified atom stereocenters. The van der Waals surface area contributed by atoms with Crippen LogP contribution < -0.4 is 5.32 Å².